The molecule has 0 aromatic heterocycles. The lowest BCUT2D eigenvalue weighted by Crippen LogP contribution is -2.06. The van der Waals surface area contributed by atoms with Gasteiger partial charge in [-0.15, -0.1) is 0 Å². The smallest absolute Gasteiger partial charge is 0.301 e. The molecule has 0 atom stereocenters. The zero-order chi connectivity index (χ0) is 9.68. The molecule has 1 rings (SSSR count). The second kappa shape index (κ2) is 4.96. The van der Waals surface area contributed by atoms with E-state index in [2.05, 4.69) is 0 Å². The summed E-state index contributed by atoms with van der Waals surface area (Å²) in [5.74, 6) is 0. The molecule has 1 aromatic carbocycles. The summed E-state index contributed by atoms with van der Waals surface area (Å²) in [6, 6.07) is 7.12. The Morgan fingerprint density at radius 1 is 1.54 bits per heavy atom. The highest BCUT2D eigenvalue weighted by Gasteiger charge is 2.17. The van der Waals surface area contributed by atoms with Gasteiger partial charge in [-0.2, -0.15) is 0 Å². The van der Waals surface area contributed by atoms with Gasteiger partial charge in [-0.05, 0) is 18.0 Å². The van der Waals surface area contributed by atoms with Crippen molar-refractivity contribution in [3.63, 3.8) is 0 Å². The Morgan fingerprint density at radius 3 is 2.85 bits per heavy atom. The third-order valence-electron chi connectivity index (χ3n) is 1.51. The van der Waals surface area contributed by atoms with Gasteiger partial charge in [0.1, 0.15) is 0 Å². The summed E-state index contributed by atoms with van der Waals surface area (Å²) in [6.07, 6.45) is 0. The summed E-state index contributed by atoms with van der Waals surface area (Å²) in [5, 5.41) is 5.39. The average molecular weight is 199 g/mol. The Morgan fingerprint density at radius 2 is 2.23 bits per heavy atom. The van der Waals surface area contributed by atoms with Gasteiger partial charge in [0.2, 0.25) is 0 Å². The van der Waals surface area contributed by atoms with E-state index in [4.69, 9.17) is 9.88 Å². The zero-order valence-electron chi connectivity index (χ0n) is 7.27. The third kappa shape index (κ3) is 2.51. The minimum Gasteiger partial charge on any atom is -0.323 e. The van der Waals surface area contributed by atoms with Gasteiger partial charge < -0.3 is 4.74 Å². The molecule has 0 saturated carbocycles. The highest BCUT2D eigenvalue weighted by molar-refractivity contribution is 7.97. The van der Waals surface area contributed by atoms with Crippen molar-refractivity contribution in [1.82, 2.24) is 0 Å². The topological polar surface area (TPSA) is 55.3 Å². The van der Waals surface area contributed by atoms with Gasteiger partial charge in [0.05, 0.1) is 9.66 Å². The molecule has 0 aliphatic rings. The van der Waals surface area contributed by atoms with Crippen LogP contribution in [0, 0.1) is 4.91 Å². The van der Waals surface area contributed by atoms with E-state index in [1.54, 1.807) is 18.2 Å². The van der Waals surface area contributed by atoms with Crippen molar-refractivity contribution in [2.75, 3.05) is 13.8 Å². The van der Waals surface area contributed by atoms with E-state index in [0.29, 0.717) is 5.69 Å². The Labute approximate surface area is 80.8 Å². The molecule has 0 saturated heterocycles. The SMILES string of the molecule is COC[N+](=O)c1ccccc1SN. The van der Waals surface area contributed by atoms with Crippen molar-refractivity contribution in [1.29, 1.82) is 0 Å². The standard InChI is InChI=1S/C8H11N2O2S/c1-12-6-10(11)7-4-2-3-5-8(7)13-9/h2-5H,6,9H2,1H3/q+1. The van der Waals surface area contributed by atoms with E-state index in [0.717, 1.165) is 21.6 Å². The molecule has 0 unspecified atom stereocenters. The van der Waals surface area contributed by atoms with Crippen LogP contribution in [0.4, 0.5) is 5.69 Å². The van der Waals surface area contributed by atoms with Gasteiger partial charge >= 0.3 is 6.73 Å². The van der Waals surface area contributed by atoms with E-state index in [1.807, 2.05) is 6.07 Å². The van der Waals surface area contributed by atoms with Crippen molar-refractivity contribution in [3.05, 3.63) is 29.2 Å². The number of nitroso groups, excluding NO2 is 1. The molecule has 0 radical (unpaired) electrons. The molecular weight excluding hydrogens is 188 g/mol. The van der Waals surface area contributed by atoms with Crippen molar-refractivity contribution in [2.45, 2.75) is 4.90 Å². The number of para-hydroxylation sites is 1. The fraction of sp³-hybridized carbons (Fsp3) is 0.250. The maximum absolute atomic E-state index is 11.3. The summed E-state index contributed by atoms with van der Waals surface area (Å²) in [7, 11) is 1.48. The first-order valence-corrected chi connectivity index (χ1v) is 4.57. The largest absolute Gasteiger partial charge is 0.323 e. The predicted octanol–water partition coefficient (Wildman–Crippen LogP) is 1.67. The van der Waals surface area contributed by atoms with Gasteiger partial charge in [0.15, 0.2) is 0 Å². The lowest BCUT2D eigenvalue weighted by molar-refractivity contribution is -0.510. The first-order chi connectivity index (χ1) is 6.29. The van der Waals surface area contributed by atoms with E-state index in [-0.39, 0.29) is 6.73 Å². The van der Waals surface area contributed by atoms with Crippen LogP contribution in [0.25, 0.3) is 0 Å². The van der Waals surface area contributed by atoms with Crippen molar-refractivity contribution < 1.29 is 9.50 Å². The summed E-state index contributed by atoms with van der Waals surface area (Å²) < 4.78 is 5.48. The molecule has 1 aromatic rings. The first kappa shape index (κ1) is 10.2. The summed E-state index contributed by atoms with van der Waals surface area (Å²) in [5.41, 5.74) is 0.539. The zero-order valence-corrected chi connectivity index (χ0v) is 8.08. The summed E-state index contributed by atoms with van der Waals surface area (Å²) >= 11 is 1.05. The number of rotatable bonds is 4. The minimum atomic E-state index is 0.0115. The maximum Gasteiger partial charge on any atom is 0.301 e. The molecule has 5 heteroatoms. The maximum atomic E-state index is 11.3. The molecule has 70 valence electrons. The van der Waals surface area contributed by atoms with Crippen molar-refractivity contribution in [2.24, 2.45) is 5.14 Å². The third-order valence-corrected chi connectivity index (χ3v) is 2.11. The Hall–Kier alpha value is -0.910. The first-order valence-electron chi connectivity index (χ1n) is 3.69. The molecule has 2 N–H and O–H groups in total. The molecule has 0 bridgehead atoms. The molecule has 0 heterocycles. The van der Waals surface area contributed by atoms with E-state index in [1.165, 1.54) is 7.11 Å². The number of hydrogen-bond acceptors (Lipinski definition) is 4. The van der Waals surface area contributed by atoms with Gasteiger partial charge in [0.25, 0.3) is 5.69 Å². The average Bonchev–Trinajstić information content (AvgIpc) is 2.18. The molecule has 0 fully saturated rings. The fourth-order valence-electron chi connectivity index (χ4n) is 0.950. The second-order valence-corrected chi connectivity index (χ2v) is 3.06. The molecule has 0 aliphatic carbocycles. The van der Waals surface area contributed by atoms with Crippen LogP contribution in [0.1, 0.15) is 0 Å². The highest BCUT2D eigenvalue weighted by Crippen LogP contribution is 2.24. The van der Waals surface area contributed by atoms with E-state index >= 15 is 0 Å². The van der Waals surface area contributed by atoms with Crippen molar-refractivity contribution in [3.8, 4) is 0 Å². The summed E-state index contributed by atoms with van der Waals surface area (Å²) in [6.45, 7) is 0.0115. The molecular formula is C8H11N2O2S+. The van der Waals surface area contributed by atoms with Gasteiger partial charge in [-0.3, -0.25) is 5.14 Å². The molecule has 0 spiro atoms. The van der Waals surface area contributed by atoms with E-state index < -0.39 is 0 Å². The normalized spacial score (nSPS) is 10.0. The lowest BCUT2D eigenvalue weighted by Gasteiger charge is -1.97. The van der Waals surface area contributed by atoms with Crippen LogP contribution in [-0.2, 0) is 4.74 Å². The minimum absolute atomic E-state index is 0.0115. The van der Waals surface area contributed by atoms with Crippen LogP contribution in [0.15, 0.2) is 29.2 Å². The fourth-order valence-corrected chi connectivity index (χ4v) is 1.40. The predicted molar refractivity (Wildman–Crippen MR) is 51.6 cm³/mol. The van der Waals surface area contributed by atoms with Crippen LogP contribution in [-0.4, -0.2) is 18.6 Å². The Bertz CT molecular complexity index is 304. The molecule has 0 aliphatic heterocycles. The Balaban J connectivity index is 2.92. The monoisotopic (exact) mass is 199 g/mol. The number of hydrogen-bond donors (Lipinski definition) is 1. The van der Waals surface area contributed by atoms with Crippen LogP contribution < -0.4 is 5.14 Å². The number of nitrogens with zero attached hydrogens (tertiary/aromatic N) is 1. The van der Waals surface area contributed by atoms with Gasteiger partial charge in [0, 0.05) is 18.1 Å². The van der Waals surface area contributed by atoms with Gasteiger partial charge in [-0.25, -0.2) is 0 Å². The lowest BCUT2D eigenvalue weighted by atomic mass is 10.3. The molecule has 0 amide bonds. The van der Waals surface area contributed by atoms with E-state index in [9.17, 15) is 4.91 Å². The molecule has 13 heavy (non-hydrogen) atoms. The quantitative estimate of drug-likeness (QED) is 0.455. The molecule has 4 nitrogen and oxygen atoms in total. The summed E-state index contributed by atoms with van der Waals surface area (Å²) in [4.78, 5) is 12.1. The van der Waals surface area contributed by atoms with Crippen LogP contribution >= 0.6 is 11.9 Å². The second-order valence-electron chi connectivity index (χ2n) is 2.38. The Kier molecular flexibility index (Phi) is 3.88. The highest BCUT2D eigenvalue weighted by atomic mass is 32.2. The number of nitrogens with two attached hydrogens (primary N) is 1. The number of methoxy groups -OCH3 is 1. The number of benzene rings is 1. The van der Waals surface area contributed by atoms with Crippen LogP contribution in [0.2, 0.25) is 0 Å². The number of ether oxygens (including phenoxy) is 1. The van der Waals surface area contributed by atoms with Gasteiger partial charge in [-0.1, -0.05) is 12.1 Å². The van der Waals surface area contributed by atoms with Crippen LogP contribution in [0.5, 0.6) is 0 Å². The van der Waals surface area contributed by atoms with Crippen molar-refractivity contribution >= 4 is 17.6 Å². The van der Waals surface area contributed by atoms with Crippen LogP contribution in [0.3, 0.4) is 0 Å².